The molecule has 0 fully saturated rings. The van der Waals surface area contributed by atoms with Crippen LogP contribution in [-0.2, 0) is 0 Å². The predicted octanol–water partition coefficient (Wildman–Crippen LogP) is 2.26. The summed E-state index contributed by atoms with van der Waals surface area (Å²) in [5.74, 6) is 1.51. The van der Waals surface area contributed by atoms with E-state index < -0.39 is 5.76 Å². The maximum absolute atomic E-state index is 10.9. The number of aromatic nitrogens is 2. The third-order valence-electron chi connectivity index (χ3n) is 3.29. The van der Waals surface area contributed by atoms with Crippen molar-refractivity contribution >= 4 is 0 Å². The van der Waals surface area contributed by atoms with Gasteiger partial charge < -0.3 is 5.73 Å². The van der Waals surface area contributed by atoms with Crippen LogP contribution in [0.3, 0.4) is 0 Å². The maximum atomic E-state index is 10.9. The normalized spacial score (nSPS) is 14.9. The maximum Gasteiger partial charge on any atom is 0.438 e. The van der Waals surface area contributed by atoms with Gasteiger partial charge in [-0.2, -0.15) is 0 Å². The van der Waals surface area contributed by atoms with E-state index in [4.69, 9.17) is 5.73 Å². The lowest BCUT2D eigenvalue weighted by Gasteiger charge is -2.17. The van der Waals surface area contributed by atoms with Gasteiger partial charge in [-0.3, -0.25) is 9.51 Å². The van der Waals surface area contributed by atoms with Gasteiger partial charge in [0.25, 0.3) is 0 Å². The molecular formula is C13H25N3O2. The zero-order chi connectivity index (χ0) is 13.5. The van der Waals surface area contributed by atoms with Crippen LogP contribution >= 0.6 is 0 Å². The van der Waals surface area contributed by atoms with Crippen molar-refractivity contribution in [1.29, 1.82) is 0 Å². The third kappa shape index (κ3) is 5.04. The van der Waals surface area contributed by atoms with E-state index in [2.05, 4.69) is 35.4 Å². The van der Waals surface area contributed by atoms with Crippen LogP contribution < -0.4 is 11.5 Å². The summed E-state index contributed by atoms with van der Waals surface area (Å²) >= 11 is 0. The van der Waals surface area contributed by atoms with Crippen molar-refractivity contribution in [3.8, 4) is 0 Å². The minimum atomic E-state index is -0.504. The molecule has 3 N–H and O–H groups in total. The van der Waals surface area contributed by atoms with E-state index in [-0.39, 0.29) is 5.92 Å². The number of nitrogens with zero attached hydrogens (tertiary/aromatic N) is 1. The van der Waals surface area contributed by atoms with Crippen molar-refractivity contribution in [2.45, 2.75) is 52.4 Å². The molecule has 5 nitrogen and oxygen atoms in total. The fraction of sp³-hybridized carbons (Fsp3) is 0.846. The molecule has 0 aliphatic rings. The molecule has 0 saturated heterocycles. The van der Waals surface area contributed by atoms with Crippen molar-refractivity contribution in [3.05, 3.63) is 16.4 Å². The minimum absolute atomic E-state index is 0.0884. The Morgan fingerprint density at radius 3 is 2.56 bits per heavy atom. The monoisotopic (exact) mass is 255 g/mol. The van der Waals surface area contributed by atoms with Crippen molar-refractivity contribution in [2.24, 2.45) is 17.6 Å². The van der Waals surface area contributed by atoms with E-state index in [0.29, 0.717) is 18.3 Å². The first kappa shape index (κ1) is 15.0. The molecule has 0 bridgehead atoms. The van der Waals surface area contributed by atoms with Gasteiger partial charge in [0.1, 0.15) is 0 Å². The Kier molecular flexibility index (Phi) is 6.12. The summed E-state index contributed by atoms with van der Waals surface area (Å²) in [6.07, 6.45) is 4.64. The van der Waals surface area contributed by atoms with Crippen LogP contribution in [0.15, 0.2) is 9.32 Å². The SMILES string of the molecule is CC(C)CCCC(C)CC(CN)c1noc(=O)[nH]1. The standard InChI is InChI=1S/C13H25N3O2/c1-9(2)5-4-6-10(3)7-11(8-14)12-15-13(17)18-16-12/h9-11H,4-8,14H2,1-3H3,(H,15,16,17). The predicted molar refractivity (Wildman–Crippen MR) is 71.4 cm³/mol. The Morgan fingerprint density at radius 1 is 1.33 bits per heavy atom. The molecule has 1 rings (SSSR count). The fourth-order valence-electron chi connectivity index (χ4n) is 2.22. The summed E-state index contributed by atoms with van der Waals surface area (Å²) in [7, 11) is 0. The molecule has 1 aromatic heterocycles. The average molecular weight is 255 g/mol. The Morgan fingerprint density at radius 2 is 2.06 bits per heavy atom. The number of nitrogens with two attached hydrogens (primary N) is 1. The van der Waals surface area contributed by atoms with Gasteiger partial charge in [0.15, 0.2) is 5.82 Å². The zero-order valence-electron chi connectivity index (χ0n) is 11.6. The molecule has 1 heterocycles. The van der Waals surface area contributed by atoms with E-state index >= 15 is 0 Å². The van der Waals surface area contributed by atoms with Gasteiger partial charge in [-0.05, 0) is 18.3 Å². The Balaban J connectivity index is 2.40. The molecule has 2 unspecified atom stereocenters. The van der Waals surface area contributed by atoms with Gasteiger partial charge in [0, 0.05) is 12.5 Å². The van der Waals surface area contributed by atoms with Crippen LogP contribution in [-0.4, -0.2) is 16.7 Å². The van der Waals surface area contributed by atoms with E-state index in [0.717, 1.165) is 12.3 Å². The van der Waals surface area contributed by atoms with Crippen LogP contribution in [0.2, 0.25) is 0 Å². The molecule has 18 heavy (non-hydrogen) atoms. The lowest BCUT2D eigenvalue weighted by Crippen LogP contribution is -2.17. The molecule has 2 atom stereocenters. The van der Waals surface area contributed by atoms with Crippen molar-refractivity contribution in [3.63, 3.8) is 0 Å². The van der Waals surface area contributed by atoms with Gasteiger partial charge in [0.05, 0.1) is 0 Å². The molecule has 0 aliphatic heterocycles. The summed E-state index contributed by atoms with van der Waals surface area (Å²) < 4.78 is 4.52. The summed E-state index contributed by atoms with van der Waals surface area (Å²) in [6, 6.07) is 0. The van der Waals surface area contributed by atoms with Crippen molar-refractivity contribution in [1.82, 2.24) is 10.1 Å². The highest BCUT2D eigenvalue weighted by Crippen LogP contribution is 2.23. The summed E-state index contributed by atoms with van der Waals surface area (Å²) in [4.78, 5) is 13.5. The smallest absolute Gasteiger partial charge is 0.330 e. The average Bonchev–Trinajstić information content (AvgIpc) is 2.72. The van der Waals surface area contributed by atoms with Crippen LogP contribution in [0.1, 0.15) is 58.2 Å². The topological polar surface area (TPSA) is 84.9 Å². The first-order valence-corrected chi connectivity index (χ1v) is 6.78. The molecular weight excluding hydrogens is 230 g/mol. The number of H-pyrrole nitrogens is 1. The number of aromatic amines is 1. The summed E-state index contributed by atoms with van der Waals surface area (Å²) in [5, 5.41) is 3.73. The fourth-order valence-corrected chi connectivity index (χ4v) is 2.22. The Labute approximate surface area is 108 Å². The lowest BCUT2D eigenvalue weighted by molar-refractivity contribution is 0.363. The molecule has 5 heteroatoms. The second-order valence-corrected chi connectivity index (χ2v) is 5.58. The number of rotatable bonds is 8. The first-order valence-electron chi connectivity index (χ1n) is 6.78. The largest absolute Gasteiger partial charge is 0.438 e. The number of nitrogens with one attached hydrogen (secondary N) is 1. The highest BCUT2D eigenvalue weighted by Gasteiger charge is 2.18. The Hall–Kier alpha value is -1.10. The molecule has 0 aliphatic carbocycles. The number of hydrogen-bond acceptors (Lipinski definition) is 4. The van der Waals surface area contributed by atoms with Crippen LogP contribution in [0.4, 0.5) is 0 Å². The van der Waals surface area contributed by atoms with E-state index in [1.807, 2.05) is 0 Å². The minimum Gasteiger partial charge on any atom is -0.330 e. The molecule has 0 amide bonds. The van der Waals surface area contributed by atoms with Crippen LogP contribution in [0.5, 0.6) is 0 Å². The summed E-state index contributed by atoms with van der Waals surface area (Å²) in [5.41, 5.74) is 5.74. The van der Waals surface area contributed by atoms with Gasteiger partial charge in [-0.25, -0.2) is 4.79 Å². The molecule has 0 saturated carbocycles. The quantitative estimate of drug-likeness (QED) is 0.746. The van der Waals surface area contributed by atoms with Crippen molar-refractivity contribution < 1.29 is 4.52 Å². The van der Waals surface area contributed by atoms with E-state index in [9.17, 15) is 4.79 Å². The van der Waals surface area contributed by atoms with Crippen LogP contribution in [0.25, 0.3) is 0 Å². The molecule has 0 spiro atoms. The molecule has 104 valence electrons. The summed E-state index contributed by atoms with van der Waals surface area (Å²) in [6.45, 7) is 7.19. The zero-order valence-corrected chi connectivity index (χ0v) is 11.6. The van der Waals surface area contributed by atoms with Gasteiger partial charge in [0.2, 0.25) is 0 Å². The van der Waals surface area contributed by atoms with E-state index in [1.165, 1.54) is 19.3 Å². The molecule has 1 aromatic rings. The molecule has 0 radical (unpaired) electrons. The lowest BCUT2D eigenvalue weighted by atomic mass is 9.90. The molecule has 0 aromatic carbocycles. The Bertz CT molecular complexity index is 384. The van der Waals surface area contributed by atoms with Crippen LogP contribution in [0, 0.1) is 11.8 Å². The first-order chi connectivity index (χ1) is 8.52. The van der Waals surface area contributed by atoms with Gasteiger partial charge in [-0.1, -0.05) is 45.2 Å². The second-order valence-electron chi connectivity index (χ2n) is 5.58. The third-order valence-corrected chi connectivity index (χ3v) is 3.29. The highest BCUT2D eigenvalue weighted by molar-refractivity contribution is 4.93. The van der Waals surface area contributed by atoms with Gasteiger partial charge in [-0.15, -0.1) is 0 Å². The highest BCUT2D eigenvalue weighted by atomic mass is 16.5. The van der Waals surface area contributed by atoms with Crippen molar-refractivity contribution in [2.75, 3.05) is 6.54 Å². The number of hydrogen-bond donors (Lipinski definition) is 2. The van der Waals surface area contributed by atoms with Gasteiger partial charge >= 0.3 is 5.76 Å². The second kappa shape index (κ2) is 7.36. The van der Waals surface area contributed by atoms with E-state index in [1.54, 1.807) is 0 Å².